The number of fused-ring (bicyclic) bond motifs is 2. The zero-order valence-electron chi connectivity index (χ0n) is 15.2. The van der Waals surface area contributed by atoms with Gasteiger partial charge in [0.1, 0.15) is 22.3 Å². The van der Waals surface area contributed by atoms with Crippen molar-refractivity contribution < 1.29 is 38.6 Å². The van der Waals surface area contributed by atoms with Gasteiger partial charge < -0.3 is 29.0 Å². The van der Waals surface area contributed by atoms with Gasteiger partial charge in [0.25, 0.3) is 0 Å². The van der Waals surface area contributed by atoms with E-state index in [0.717, 1.165) is 13.2 Å². The highest BCUT2D eigenvalue weighted by molar-refractivity contribution is 7.92. The van der Waals surface area contributed by atoms with E-state index >= 15 is 0 Å². The zero-order chi connectivity index (χ0) is 22.5. The number of carboxylic acid groups (broad SMARTS) is 1. The number of halogens is 2. The number of methoxy groups -OCH3 is 1. The van der Waals surface area contributed by atoms with Crippen LogP contribution in [0.2, 0.25) is 10.0 Å². The summed E-state index contributed by atoms with van der Waals surface area (Å²) in [6.45, 7) is 1.48. The van der Waals surface area contributed by atoms with E-state index in [4.69, 9.17) is 32.7 Å². The van der Waals surface area contributed by atoms with Crippen LogP contribution >= 0.6 is 23.2 Å². The molecule has 0 bridgehead atoms. The maximum Gasteiger partial charge on any atom is 0.354 e. The minimum atomic E-state index is -2.42. The Balaban J connectivity index is 2.60. The largest absolute Gasteiger partial charge is 0.611 e. The van der Waals surface area contributed by atoms with Crippen LogP contribution < -0.4 is 5.43 Å². The molecule has 1 unspecified atom stereocenters. The zero-order valence-corrected chi connectivity index (χ0v) is 17.6. The van der Waals surface area contributed by atoms with E-state index in [1.165, 1.54) is 6.92 Å². The number of aromatic hydroxyl groups is 2. The number of phenolic OH excluding ortho intramolecular Hbond substituents is 2. The Morgan fingerprint density at radius 2 is 1.87 bits per heavy atom. The van der Waals surface area contributed by atoms with Crippen molar-refractivity contribution in [3.63, 3.8) is 0 Å². The van der Waals surface area contributed by atoms with Gasteiger partial charge in [-0.3, -0.25) is 4.79 Å². The highest BCUT2D eigenvalue weighted by Crippen LogP contribution is 2.42. The smallest absolute Gasteiger partial charge is 0.354 e. The van der Waals surface area contributed by atoms with E-state index in [9.17, 15) is 29.1 Å². The first-order chi connectivity index (χ1) is 14.0. The number of hydrogen-bond acceptors (Lipinski definition) is 8. The summed E-state index contributed by atoms with van der Waals surface area (Å²) in [5.74, 6) is -5.01. The molecule has 3 N–H and O–H groups in total. The van der Waals surface area contributed by atoms with Crippen LogP contribution in [0.25, 0.3) is 21.9 Å². The molecule has 0 saturated heterocycles. The first-order valence-corrected chi connectivity index (χ1v) is 10.1. The van der Waals surface area contributed by atoms with Gasteiger partial charge in [-0.25, -0.2) is 9.59 Å². The first-order valence-electron chi connectivity index (χ1n) is 8.02. The molecule has 12 heteroatoms. The van der Waals surface area contributed by atoms with Gasteiger partial charge in [-0.1, -0.05) is 23.2 Å². The first kappa shape index (κ1) is 22.0. The van der Waals surface area contributed by atoms with E-state index in [2.05, 4.69) is 4.74 Å². The van der Waals surface area contributed by atoms with Crippen molar-refractivity contribution in [3.05, 3.63) is 37.5 Å². The molecular formula is C18H12Cl2O9S. The van der Waals surface area contributed by atoms with Crippen LogP contribution in [0.5, 0.6) is 11.5 Å². The molecule has 1 heterocycles. The molecule has 0 amide bonds. The summed E-state index contributed by atoms with van der Waals surface area (Å²) in [4.78, 5) is 36.0. The summed E-state index contributed by atoms with van der Waals surface area (Å²) < 4.78 is 22.7. The average molecular weight is 475 g/mol. The average Bonchev–Trinajstić information content (AvgIpc) is 2.68. The molecule has 1 aromatic heterocycles. The summed E-state index contributed by atoms with van der Waals surface area (Å²) in [6.07, 6.45) is 0. The Kier molecular flexibility index (Phi) is 5.79. The van der Waals surface area contributed by atoms with Crippen LogP contribution in [-0.4, -0.2) is 44.7 Å². The Bertz CT molecular complexity index is 1300. The number of carboxylic acids is 1. The number of ether oxygens (including phenoxy) is 1. The van der Waals surface area contributed by atoms with Crippen molar-refractivity contribution in [2.75, 3.05) is 12.9 Å². The van der Waals surface area contributed by atoms with Gasteiger partial charge in [0.15, 0.2) is 11.3 Å². The summed E-state index contributed by atoms with van der Waals surface area (Å²) in [5, 5.41) is 28.4. The van der Waals surface area contributed by atoms with Crippen molar-refractivity contribution in [3.8, 4) is 11.5 Å². The number of phenols is 2. The summed E-state index contributed by atoms with van der Waals surface area (Å²) in [7, 11) is 0.972. The Labute approximate surface area is 180 Å². The number of carbonyl (C=O) groups excluding carboxylic acids is 1. The van der Waals surface area contributed by atoms with Gasteiger partial charge in [0.05, 0.1) is 22.5 Å². The van der Waals surface area contributed by atoms with Gasteiger partial charge in [-0.2, -0.15) is 0 Å². The molecule has 0 aliphatic rings. The molecule has 0 aliphatic heterocycles. The van der Waals surface area contributed by atoms with Crippen LogP contribution in [0.4, 0.5) is 0 Å². The minimum absolute atomic E-state index is 0.0792. The van der Waals surface area contributed by atoms with Crippen molar-refractivity contribution >= 4 is 68.3 Å². The third-order valence-corrected chi connectivity index (χ3v) is 6.59. The fourth-order valence-corrected chi connectivity index (χ4v) is 4.50. The number of benzene rings is 2. The minimum Gasteiger partial charge on any atom is -0.611 e. The van der Waals surface area contributed by atoms with Crippen LogP contribution in [-0.2, 0) is 20.7 Å². The standard InChI is InChI=1S/C18H12Cl2O9S/c1-5-12(19)15(25)11-14(24)9-7(29-16(11)13(5)20)3-6(21)17(10(9)18(26)28-2)30(27)4-8(22)23/h3,21,25H,4H2,1-2H3,(H,22,23). The molecule has 158 valence electrons. The van der Waals surface area contributed by atoms with Gasteiger partial charge in [0, 0.05) is 17.2 Å². The lowest BCUT2D eigenvalue weighted by Gasteiger charge is -2.16. The third-order valence-electron chi connectivity index (χ3n) is 4.29. The number of carbonyl (C=O) groups is 2. The van der Waals surface area contributed by atoms with E-state index in [1.807, 2.05) is 0 Å². The lowest BCUT2D eigenvalue weighted by molar-refractivity contribution is -0.134. The summed E-state index contributed by atoms with van der Waals surface area (Å²) in [5.41, 5.74) is -1.98. The Morgan fingerprint density at radius 1 is 1.23 bits per heavy atom. The molecular weight excluding hydrogens is 463 g/mol. The predicted octanol–water partition coefficient (Wildman–Crippen LogP) is 2.95. The highest BCUT2D eigenvalue weighted by atomic mass is 35.5. The van der Waals surface area contributed by atoms with Crippen molar-refractivity contribution in [2.45, 2.75) is 11.8 Å². The number of aliphatic carboxylic acids is 1. The molecule has 3 rings (SSSR count). The maximum absolute atomic E-state index is 13.2. The van der Waals surface area contributed by atoms with E-state index in [-0.39, 0.29) is 26.8 Å². The molecule has 3 aromatic rings. The fraction of sp³-hybridized carbons (Fsp3) is 0.167. The normalized spacial score (nSPS) is 12.3. The van der Waals surface area contributed by atoms with Gasteiger partial charge in [0.2, 0.25) is 16.1 Å². The van der Waals surface area contributed by atoms with Gasteiger partial charge in [-0.15, -0.1) is 0 Å². The quantitative estimate of drug-likeness (QED) is 0.293. The molecule has 0 radical (unpaired) electrons. The van der Waals surface area contributed by atoms with E-state index < -0.39 is 67.0 Å². The SMILES string of the molecule is COC(=O)c1c([S+]([O-])CC(=O)O)c(O)cc2oc3c(Cl)c(C)c(Cl)c(O)c3c(=O)c12. The second-order valence-corrected chi connectivity index (χ2v) is 8.23. The topological polar surface area (TPSA) is 157 Å². The van der Waals surface area contributed by atoms with Crippen LogP contribution in [0.1, 0.15) is 15.9 Å². The molecule has 0 aliphatic carbocycles. The molecule has 0 saturated carbocycles. The predicted molar refractivity (Wildman–Crippen MR) is 108 cm³/mol. The van der Waals surface area contributed by atoms with E-state index in [1.54, 1.807) is 0 Å². The van der Waals surface area contributed by atoms with Crippen molar-refractivity contribution in [1.29, 1.82) is 0 Å². The highest BCUT2D eigenvalue weighted by Gasteiger charge is 2.34. The number of rotatable bonds is 4. The monoisotopic (exact) mass is 474 g/mol. The Hall–Kier alpha value is -2.66. The molecule has 30 heavy (non-hydrogen) atoms. The second-order valence-electron chi connectivity index (χ2n) is 6.09. The molecule has 0 fully saturated rings. The molecule has 2 aromatic carbocycles. The van der Waals surface area contributed by atoms with Crippen LogP contribution in [0.3, 0.4) is 0 Å². The summed E-state index contributed by atoms with van der Waals surface area (Å²) >= 11 is 9.79. The lowest BCUT2D eigenvalue weighted by Crippen LogP contribution is -2.21. The van der Waals surface area contributed by atoms with E-state index in [0.29, 0.717) is 0 Å². The molecule has 9 nitrogen and oxygen atoms in total. The van der Waals surface area contributed by atoms with Gasteiger partial charge >= 0.3 is 11.9 Å². The third kappa shape index (κ3) is 3.31. The fourth-order valence-electron chi connectivity index (χ4n) is 2.96. The summed E-state index contributed by atoms with van der Waals surface area (Å²) in [6, 6.07) is 0.898. The number of hydrogen-bond donors (Lipinski definition) is 3. The Morgan fingerprint density at radius 3 is 2.43 bits per heavy atom. The van der Waals surface area contributed by atoms with Crippen LogP contribution in [0.15, 0.2) is 20.2 Å². The van der Waals surface area contributed by atoms with Crippen molar-refractivity contribution in [1.82, 2.24) is 0 Å². The lowest BCUT2D eigenvalue weighted by atomic mass is 10.0. The number of esters is 1. The molecule has 0 spiro atoms. The molecule has 1 atom stereocenters. The van der Waals surface area contributed by atoms with Crippen LogP contribution in [0, 0.1) is 6.92 Å². The second kappa shape index (κ2) is 7.88. The van der Waals surface area contributed by atoms with Crippen molar-refractivity contribution in [2.24, 2.45) is 0 Å². The maximum atomic E-state index is 13.2. The van der Waals surface area contributed by atoms with Gasteiger partial charge in [-0.05, 0) is 12.5 Å².